The first-order valence-electron chi connectivity index (χ1n) is 6.43. The normalized spacial score (nSPS) is 11.1. The number of hydrogen-bond acceptors (Lipinski definition) is 2. The van der Waals surface area contributed by atoms with Crippen molar-refractivity contribution in [3.63, 3.8) is 0 Å². The van der Waals surface area contributed by atoms with E-state index in [1.807, 2.05) is 22.7 Å². The minimum absolute atomic E-state index is 0.549. The molecule has 0 radical (unpaired) electrons. The van der Waals surface area contributed by atoms with Gasteiger partial charge in [0.05, 0.1) is 5.69 Å². The Bertz CT molecular complexity index is 741. The average molecular weight is 251 g/mol. The highest BCUT2D eigenvalue weighted by Gasteiger charge is 2.07. The van der Waals surface area contributed by atoms with Crippen molar-refractivity contribution in [3.05, 3.63) is 59.4 Å². The van der Waals surface area contributed by atoms with Crippen LogP contribution >= 0.6 is 0 Å². The number of pyridine rings is 1. The molecule has 0 unspecified atom stereocenters. The zero-order valence-corrected chi connectivity index (χ0v) is 11.2. The van der Waals surface area contributed by atoms with Crippen molar-refractivity contribution in [1.29, 1.82) is 0 Å². The number of aromatic nitrogens is 2. The predicted octanol–water partition coefficient (Wildman–Crippen LogP) is 3.08. The van der Waals surface area contributed by atoms with Crippen LogP contribution in [0.5, 0.6) is 0 Å². The second kappa shape index (κ2) is 4.52. The van der Waals surface area contributed by atoms with Gasteiger partial charge in [0.15, 0.2) is 0 Å². The van der Waals surface area contributed by atoms with E-state index in [1.165, 1.54) is 16.7 Å². The molecule has 2 N–H and O–H groups in total. The lowest BCUT2D eigenvalue weighted by Crippen LogP contribution is -1.97. The summed E-state index contributed by atoms with van der Waals surface area (Å²) in [5, 5.41) is 0. The Labute approximate surface area is 112 Å². The fourth-order valence-corrected chi connectivity index (χ4v) is 2.30. The van der Waals surface area contributed by atoms with Gasteiger partial charge in [0.1, 0.15) is 5.65 Å². The maximum Gasteiger partial charge on any atom is 0.137 e. The number of imidazole rings is 1. The van der Waals surface area contributed by atoms with E-state index in [1.54, 1.807) is 0 Å². The number of nitrogens with two attached hydrogens (primary N) is 1. The van der Waals surface area contributed by atoms with Crippen LogP contribution in [0.15, 0.2) is 42.7 Å². The van der Waals surface area contributed by atoms with Crippen LogP contribution in [0.25, 0.3) is 16.9 Å². The van der Waals surface area contributed by atoms with E-state index >= 15 is 0 Å². The molecule has 0 atom stereocenters. The van der Waals surface area contributed by atoms with Crippen LogP contribution in [-0.2, 0) is 6.54 Å². The van der Waals surface area contributed by atoms with E-state index in [9.17, 15) is 0 Å². The number of fused-ring (bicyclic) bond motifs is 1. The summed E-state index contributed by atoms with van der Waals surface area (Å²) in [4.78, 5) is 4.68. The quantitative estimate of drug-likeness (QED) is 0.760. The molecule has 2 heterocycles. The molecule has 3 nitrogen and oxygen atoms in total. The fourth-order valence-electron chi connectivity index (χ4n) is 2.30. The van der Waals surface area contributed by atoms with Gasteiger partial charge < -0.3 is 10.1 Å². The second-order valence-corrected chi connectivity index (χ2v) is 4.95. The monoisotopic (exact) mass is 251 g/mol. The third kappa shape index (κ3) is 2.13. The molecule has 0 aliphatic rings. The summed E-state index contributed by atoms with van der Waals surface area (Å²) in [6, 6.07) is 10.5. The molecule has 3 rings (SSSR count). The van der Waals surface area contributed by atoms with E-state index in [4.69, 9.17) is 5.73 Å². The van der Waals surface area contributed by atoms with Gasteiger partial charge in [-0.3, -0.25) is 0 Å². The van der Waals surface area contributed by atoms with E-state index in [-0.39, 0.29) is 0 Å². The molecule has 3 heteroatoms. The molecule has 96 valence electrons. The van der Waals surface area contributed by atoms with Gasteiger partial charge in [-0.1, -0.05) is 23.8 Å². The third-order valence-corrected chi connectivity index (χ3v) is 3.42. The Hall–Kier alpha value is -2.13. The maximum absolute atomic E-state index is 5.67. The van der Waals surface area contributed by atoms with Crippen molar-refractivity contribution in [1.82, 2.24) is 9.38 Å². The summed E-state index contributed by atoms with van der Waals surface area (Å²) in [6.07, 6.45) is 4.10. The molecule has 0 saturated heterocycles. The van der Waals surface area contributed by atoms with Crippen molar-refractivity contribution in [2.75, 3.05) is 0 Å². The van der Waals surface area contributed by atoms with Gasteiger partial charge in [-0.2, -0.15) is 0 Å². The molecule has 0 saturated carbocycles. The molecular weight excluding hydrogens is 234 g/mol. The number of nitrogens with zero attached hydrogens (tertiary/aromatic N) is 2. The largest absolute Gasteiger partial charge is 0.326 e. The lowest BCUT2D eigenvalue weighted by atomic mass is 10.0. The highest BCUT2D eigenvalue weighted by molar-refractivity contribution is 5.66. The molecule has 0 fully saturated rings. The highest BCUT2D eigenvalue weighted by atomic mass is 15.0. The van der Waals surface area contributed by atoms with Crippen molar-refractivity contribution in [2.45, 2.75) is 20.4 Å². The molecule has 0 amide bonds. The van der Waals surface area contributed by atoms with Crippen molar-refractivity contribution >= 4 is 5.65 Å². The summed E-state index contributed by atoms with van der Waals surface area (Å²) in [5.41, 5.74) is 12.4. The van der Waals surface area contributed by atoms with Crippen LogP contribution < -0.4 is 5.73 Å². The molecule has 2 aromatic heterocycles. The van der Waals surface area contributed by atoms with Crippen LogP contribution in [0, 0.1) is 13.8 Å². The maximum atomic E-state index is 5.67. The first-order chi connectivity index (χ1) is 9.17. The van der Waals surface area contributed by atoms with E-state index < -0.39 is 0 Å². The smallest absolute Gasteiger partial charge is 0.137 e. The van der Waals surface area contributed by atoms with Gasteiger partial charge in [-0.25, -0.2) is 4.98 Å². The van der Waals surface area contributed by atoms with Gasteiger partial charge in [-0.15, -0.1) is 0 Å². The Kier molecular flexibility index (Phi) is 2.84. The van der Waals surface area contributed by atoms with E-state index in [0.29, 0.717) is 6.54 Å². The average Bonchev–Trinajstić information content (AvgIpc) is 2.83. The summed E-state index contributed by atoms with van der Waals surface area (Å²) in [6.45, 7) is 4.77. The van der Waals surface area contributed by atoms with Crippen molar-refractivity contribution < 1.29 is 0 Å². The molecule has 1 aromatic carbocycles. The van der Waals surface area contributed by atoms with Crippen molar-refractivity contribution in [3.8, 4) is 11.3 Å². The number of benzene rings is 1. The lowest BCUT2D eigenvalue weighted by Gasteiger charge is -2.03. The van der Waals surface area contributed by atoms with Crippen LogP contribution in [0.4, 0.5) is 0 Å². The standard InChI is InChI=1S/C16H17N3/c1-11-3-4-12(2)14(7-11)15-10-19-9-13(8-17)5-6-16(19)18-15/h3-7,9-10H,8,17H2,1-2H3. The fraction of sp³-hybridized carbons (Fsp3) is 0.188. The summed E-state index contributed by atoms with van der Waals surface area (Å²) >= 11 is 0. The van der Waals surface area contributed by atoms with E-state index in [0.717, 1.165) is 16.9 Å². The highest BCUT2D eigenvalue weighted by Crippen LogP contribution is 2.24. The lowest BCUT2D eigenvalue weighted by molar-refractivity contribution is 1.03. The molecule has 0 aliphatic carbocycles. The van der Waals surface area contributed by atoms with Gasteiger partial charge in [0, 0.05) is 24.5 Å². The van der Waals surface area contributed by atoms with Gasteiger partial charge in [0.2, 0.25) is 0 Å². The zero-order valence-electron chi connectivity index (χ0n) is 11.2. The zero-order chi connectivity index (χ0) is 13.4. The van der Waals surface area contributed by atoms with Crippen LogP contribution in [-0.4, -0.2) is 9.38 Å². The summed E-state index contributed by atoms with van der Waals surface area (Å²) < 4.78 is 2.04. The van der Waals surface area contributed by atoms with Gasteiger partial charge >= 0.3 is 0 Å². The molecule has 3 aromatic rings. The molecule has 0 bridgehead atoms. The van der Waals surface area contributed by atoms with Crippen LogP contribution in [0.3, 0.4) is 0 Å². The predicted molar refractivity (Wildman–Crippen MR) is 78.0 cm³/mol. The molecule has 0 aliphatic heterocycles. The Morgan fingerprint density at radius 2 is 1.95 bits per heavy atom. The first kappa shape index (κ1) is 11.9. The SMILES string of the molecule is Cc1ccc(C)c(-c2cn3cc(CN)ccc3n2)c1. The van der Waals surface area contributed by atoms with Gasteiger partial charge in [-0.05, 0) is 37.1 Å². The Morgan fingerprint density at radius 1 is 1.11 bits per heavy atom. The minimum Gasteiger partial charge on any atom is -0.326 e. The van der Waals surface area contributed by atoms with Crippen molar-refractivity contribution in [2.24, 2.45) is 5.73 Å². The van der Waals surface area contributed by atoms with Crippen LogP contribution in [0.2, 0.25) is 0 Å². The number of hydrogen-bond donors (Lipinski definition) is 1. The summed E-state index contributed by atoms with van der Waals surface area (Å²) in [5.74, 6) is 0. The Balaban J connectivity index is 2.17. The van der Waals surface area contributed by atoms with Crippen LogP contribution in [0.1, 0.15) is 16.7 Å². The summed E-state index contributed by atoms with van der Waals surface area (Å²) in [7, 11) is 0. The molecular formula is C16H17N3. The third-order valence-electron chi connectivity index (χ3n) is 3.42. The number of aryl methyl sites for hydroxylation is 2. The molecule has 0 spiro atoms. The topological polar surface area (TPSA) is 43.3 Å². The Morgan fingerprint density at radius 3 is 2.74 bits per heavy atom. The molecule has 19 heavy (non-hydrogen) atoms. The minimum atomic E-state index is 0.549. The van der Waals surface area contributed by atoms with Gasteiger partial charge in [0.25, 0.3) is 0 Å². The second-order valence-electron chi connectivity index (χ2n) is 4.95. The number of rotatable bonds is 2. The van der Waals surface area contributed by atoms with E-state index in [2.05, 4.69) is 43.2 Å². The first-order valence-corrected chi connectivity index (χ1v) is 6.43.